The number of rotatable bonds is 7. The summed E-state index contributed by atoms with van der Waals surface area (Å²) in [6, 6.07) is 17.3. The summed E-state index contributed by atoms with van der Waals surface area (Å²) in [4.78, 5) is 17.7. The Balaban J connectivity index is 1.17. The summed E-state index contributed by atoms with van der Waals surface area (Å²) < 4.78 is 1.11. The van der Waals surface area contributed by atoms with E-state index in [4.69, 9.17) is 0 Å². The molecule has 0 saturated carbocycles. The van der Waals surface area contributed by atoms with Gasteiger partial charge in [0.2, 0.25) is 5.91 Å². The zero-order valence-electron chi connectivity index (χ0n) is 19.1. The molecular formula is C27H36BrN3O. The van der Waals surface area contributed by atoms with E-state index in [1.807, 2.05) is 0 Å². The van der Waals surface area contributed by atoms with Crippen molar-refractivity contribution in [3.05, 3.63) is 69.7 Å². The molecule has 1 amide bonds. The average molecular weight is 499 g/mol. The molecule has 2 aliphatic rings. The summed E-state index contributed by atoms with van der Waals surface area (Å²) >= 11 is 3.49. The van der Waals surface area contributed by atoms with E-state index < -0.39 is 0 Å². The maximum Gasteiger partial charge on any atom is 0.223 e. The lowest BCUT2D eigenvalue weighted by Gasteiger charge is -2.31. The minimum atomic E-state index is 0.137. The van der Waals surface area contributed by atoms with E-state index in [9.17, 15) is 4.79 Å². The van der Waals surface area contributed by atoms with Gasteiger partial charge in [-0.25, -0.2) is 0 Å². The summed E-state index contributed by atoms with van der Waals surface area (Å²) in [5.74, 6) is 0.348. The number of nitrogens with one attached hydrogen (secondary N) is 1. The van der Waals surface area contributed by atoms with Crippen molar-refractivity contribution < 1.29 is 4.79 Å². The molecule has 2 fully saturated rings. The Hall–Kier alpha value is -1.69. The van der Waals surface area contributed by atoms with Crippen molar-refractivity contribution in [1.82, 2.24) is 15.1 Å². The first-order chi connectivity index (χ1) is 15.7. The molecule has 0 spiro atoms. The predicted octanol–water partition coefficient (Wildman–Crippen LogP) is 5.35. The van der Waals surface area contributed by atoms with Gasteiger partial charge < -0.3 is 5.32 Å². The molecule has 5 heteroatoms. The van der Waals surface area contributed by atoms with E-state index in [0.717, 1.165) is 43.5 Å². The molecule has 2 aromatic rings. The lowest BCUT2D eigenvalue weighted by Crippen LogP contribution is -2.40. The highest BCUT2D eigenvalue weighted by molar-refractivity contribution is 9.10. The van der Waals surface area contributed by atoms with Crippen molar-refractivity contribution >= 4 is 21.8 Å². The molecule has 2 heterocycles. The van der Waals surface area contributed by atoms with Crippen LogP contribution in [0.25, 0.3) is 0 Å². The van der Waals surface area contributed by atoms with E-state index in [0.29, 0.717) is 6.54 Å². The Morgan fingerprint density at radius 2 is 1.25 bits per heavy atom. The van der Waals surface area contributed by atoms with Crippen molar-refractivity contribution in [3.8, 4) is 0 Å². The summed E-state index contributed by atoms with van der Waals surface area (Å²) in [6.45, 7) is 7.05. The van der Waals surface area contributed by atoms with Crippen LogP contribution in [-0.2, 0) is 24.4 Å². The second-order valence-electron chi connectivity index (χ2n) is 9.40. The van der Waals surface area contributed by atoms with Gasteiger partial charge in [0.1, 0.15) is 0 Å². The first kappa shape index (κ1) is 23.5. The van der Waals surface area contributed by atoms with Gasteiger partial charge in [0.15, 0.2) is 0 Å². The van der Waals surface area contributed by atoms with Crippen LogP contribution < -0.4 is 5.32 Å². The van der Waals surface area contributed by atoms with E-state index in [1.54, 1.807) is 0 Å². The first-order valence-electron chi connectivity index (χ1n) is 12.2. The Morgan fingerprint density at radius 1 is 0.750 bits per heavy atom. The molecule has 32 heavy (non-hydrogen) atoms. The highest BCUT2D eigenvalue weighted by Crippen LogP contribution is 2.20. The fourth-order valence-corrected chi connectivity index (χ4v) is 5.11. The van der Waals surface area contributed by atoms with Gasteiger partial charge >= 0.3 is 0 Å². The van der Waals surface area contributed by atoms with Gasteiger partial charge in [-0.05, 0) is 80.7 Å². The van der Waals surface area contributed by atoms with Gasteiger partial charge in [0.25, 0.3) is 0 Å². The number of benzene rings is 2. The van der Waals surface area contributed by atoms with Crippen molar-refractivity contribution in [2.75, 3.05) is 26.2 Å². The number of piperidine rings is 1. The number of amides is 1. The highest BCUT2D eigenvalue weighted by atomic mass is 79.9. The Labute approximate surface area is 201 Å². The van der Waals surface area contributed by atoms with E-state index in [2.05, 4.69) is 79.6 Å². The number of nitrogens with zero attached hydrogens (tertiary/aromatic N) is 2. The first-order valence-corrected chi connectivity index (χ1v) is 13.0. The van der Waals surface area contributed by atoms with Crippen LogP contribution >= 0.6 is 15.9 Å². The number of carbonyl (C=O) groups is 1. The third-order valence-electron chi connectivity index (χ3n) is 6.87. The van der Waals surface area contributed by atoms with Crippen LogP contribution in [0.3, 0.4) is 0 Å². The fraction of sp³-hybridized carbons (Fsp3) is 0.519. The number of halogens is 1. The smallest absolute Gasteiger partial charge is 0.223 e. The third-order valence-corrected chi connectivity index (χ3v) is 7.40. The van der Waals surface area contributed by atoms with Gasteiger partial charge in [-0.3, -0.25) is 14.6 Å². The summed E-state index contributed by atoms with van der Waals surface area (Å²) in [7, 11) is 0. The molecule has 1 N–H and O–H groups in total. The molecule has 4 nitrogen and oxygen atoms in total. The van der Waals surface area contributed by atoms with Crippen molar-refractivity contribution in [1.29, 1.82) is 0 Å². The maximum absolute atomic E-state index is 12.7. The summed E-state index contributed by atoms with van der Waals surface area (Å²) in [6.07, 6.45) is 7.29. The van der Waals surface area contributed by atoms with Crippen LogP contribution in [0.15, 0.2) is 53.0 Å². The van der Waals surface area contributed by atoms with E-state index in [1.165, 1.54) is 55.5 Å². The predicted molar refractivity (Wildman–Crippen MR) is 134 cm³/mol. The highest BCUT2D eigenvalue weighted by Gasteiger charge is 2.24. The van der Waals surface area contributed by atoms with Crippen molar-refractivity contribution in [2.24, 2.45) is 5.92 Å². The average Bonchev–Trinajstić information content (AvgIpc) is 3.09. The molecule has 2 aliphatic heterocycles. The van der Waals surface area contributed by atoms with Crippen LogP contribution in [0.1, 0.15) is 55.2 Å². The van der Waals surface area contributed by atoms with E-state index in [-0.39, 0.29) is 11.8 Å². The largest absolute Gasteiger partial charge is 0.352 e. The molecule has 2 saturated heterocycles. The van der Waals surface area contributed by atoms with Gasteiger partial charge in [-0.1, -0.05) is 65.2 Å². The zero-order chi connectivity index (χ0) is 22.2. The molecule has 0 radical (unpaired) electrons. The minimum Gasteiger partial charge on any atom is -0.352 e. The third kappa shape index (κ3) is 7.16. The van der Waals surface area contributed by atoms with E-state index >= 15 is 0 Å². The maximum atomic E-state index is 12.7. The molecule has 0 atom stereocenters. The number of hydrogen-bond acceptors (Lipinski definition) is 3. The molecule has 2 aromatic carbocycles. The Kier molecular flexibility index (Phi) is 8.77. The van der Waals surface area contributed by atoms with Crippen LogP contribution in [0.4, 0.5) is 0 Å². The topological polar surface area (TPSA) is 35.6 Å². The Bertz CT molecular complexity index is 836. The lowest BCUT2D eigenvalue weighted by molar-refractivity contribution is -0.126. The fourth-order valence-electron chi connectivity index (χ4n) is 4.85. The Morgan fingerprint density at radius 3 is 1.84 bits per heavy atom. The van der Waals surface area contributed by atoms with Crippen LogP contribution in [0.2, 0.25) is 0 Å². The molecule has 172 valence electrons. The SMILES string of the molecule is O=C(NCc1ccc(CN2CCCCCC2)cc1)C1CCN(Cc2ccc(Br)cc2)CC1. The van der Waals surface area contributed by atoms with Crippen molar-refractivity contribution in [3.63, 3.8) is 0 Å². The molecule has 0 unspecified atom stereocenters. The monoisotopic (exact) mass is 497 g/mol. The second kappa shape index (κ2) is 12.0. The molecular weight excluding hydrogens is 462 g/mol. The molecule has 0 bridgehead atoms. The lowest BCUT2D eigenvalue weighted by atomic mass is 9.95. The molecule has 4 rings (SSSR count). The quantitative estimate of drug-likeness (QED) is 0.559. The molecule has 0 aliphatic carbocycles. The summed E-state index contributed by atoms with van der Waals surface area (Å²) in [5, 5.41) is 3.18. The summed E-state index contributed by atoms with van der Waals surface area (Å²) in [5.41, 5.74) is 3.89. The molecule has 0 aromatic heterocycles. The number of hydrogen-bond donors (Lipinski definition) is 1. The van der Waals surface area contributed by atoms with Gasteiger partial charge in [0.05, 0.1) is 0 Å². The van der Waals surface area contributed by atoms with Gasteiger partial charge in [-0.15, -0.1) is 0 Å². The zero-order valence-corrected chi connectivity index (χ0v) is 20.7. The van der Waals surface area contributed by atoms with Crippen LogP contribution in [0, 0.1) is 5.92 Å². The number of carbonyl (C=O) groups excluding carboxylic acids is 1. The van der Waals surface area contributed by atoms with Crippen LogP contribution in [0.5, 0.6) is 0 Å². The second-order valence-corrected chi connectivity index (χ2v) is 10.3. The minimum absolute atomic E-state index is 0.137. The van der Waals surface area contributed by atoms with Gasteiger partial charge in [0, 0.05) is 30.0 Å². The van der Waals surface area contributed by atoms with Gasteiger partial charge in [-0.2, -0.15) is 0 Å². The number of likely N-dealkylation sites (tertiary alicyclic amines) is 2. The normalized spacial score (nSPS) is 18.9. The van der Waals surface area contributed by atoms with Crippen LogP contribution in [-0.4, -0.2) is 41.9 Å². The van der Waals surface area contributed by atoms with Crippen molar-refractivity contribution in [2.45, 2.75) is 58.2 Å². The standard InChI is InChI=1S/C27H36BrN3O/c28-26-11-9-24(10-12-26)21-31-17-13-25(14-18-31)27(32)29-19-22-5-7-23(8-6-22)20-30-15-3-1-2-4-16-30/h5-12,25H,1-4,13-21H2,(H,29,32).